The van der Waals surface area contributed by atoms with E-state index in [0.29, 0.717) is 25.5 Å². The minimum atomic E-state index is -0.520. The van der Waals surface area contributed by atoms with Crippen LogP contribution in [0.3, 0.4) is 0 Å². The van der Waals surface area contributed by atoms with Crippen molar-refractivity contribution in [3.8, 4) is 11.4 Å². The van der Waals surface area contributed by atoms with E-state index in [2.05, 4.69) is 20.4 Å². The van der Waals surface area contributed by atoms with Crippen LogP contribution in [0.5, 0.6) is 0 Å². The zero-order valence-corrected chi connectivity index (χ0v) is 16.6. The fraction of sp³-hybridized carbons (Fsp3) is 0.474. The number of hydrogen-bond acceptors (Lipinski definition) is 6. The first-order chi connectivity index (χ1) is 13.3. The van der Waals surface area contributed by atoms with Gasteiger partial charge >= 0.3 is 6.09 Å². The molecule has 2 N–H and O–H groups in total. The lowest BCUT2D eigenvalue weighted by atomic mass is 10.1. The van der Waals surface area contributed by atoms with Crippen LogP contribution < -0.4 is 5.32 Å². The van der Waals surface area contributed by atoms with Crippen LogP contribution >= 0.6 is 0 Å². The Morgan fingerprint density at radius 2 is 2.14 bits per heavy atom. The van der Waals surface area contributed by atoms with Gasteiger partial charge in [-0.3, -0.25) is 4.68 Å². The molecule has 0 radical (unpaired) electrons. The summed E-state index contributed by atoms with van der Waals surface area (Å²) in [6, 6.07) is 1.85. The molecule has 3 aromatic rings. The lowest BCUT2D eigenvalue weighted by Gasteiger charge is -2.34. The molecule has 1 atom stereocenters. The average molecular weight is 383 g/mol. The Kier molecular flexibility index (Phi) is 4.54. The third-order valence-corrected chi connectivity index (χ3v) is 4.57. The van der Waals surface area contributed by atoms with Crippen molar-refractivity contribution in [3.63, 3.8) is 0 Å². The molecule has 9 nitrogen and oxygen atoms in total. The average Bonchev–Trinajstić information content (AvgIpc) is 3.28. The topological polar surface area (TPSA) is 101 Å². The zero-order chi connectivity index (χ0) is 19.9. The molecule has 1 aliphatic rings. The number of ether oxygens (including phenoxy) is 1. The third-order valence-electron chi connectivity index (χ3n) is 4.57. The number of aryl methyl sites for hydroxylation is 1. The van der Waals surface area contributed by atoms with E-state index in [0.717, 1.165) is 22.3 Å². The van der Waals surface area contributed by atoms with Gasteiger partial charge in [0.25, 0.3) is 0 Å². The molecule has 1 fully saturated rings. The number of H-pyrrole nitrogens is 1. The van der Waals surface area contributed by atoms with Crippen LogP contribution in [-0.4, -0.2) is 61.0 Å². The molecule has 3 aromatic heterocycles. The molecule has 0 bridgehead atoms. The number of carbonyl (C=O) groups is 1. The Hall–Kier alpha value is -2.94. The van der Waals surface area contributed by atoms with Gasteiger partial charge in [-0.2, -0.15) is 5.10 Å². The van der Waals surface area contributed by atoms with E-state index in [-0.39, 0.29) is 12.1 Å². The summed E-state index contributed by atoms with van der Waals surface area (Å²) in [5, 5.41) is 8.63. The van der Waals surface area contributed by atoms with Crippen molar-refractivity contribution in [2.75, 3.05) is 19.6 Å². The van der Waals surface area contributed by atoms with Crippen LogP contribution in [0, 0.1) is 0 Å². The second kappa shape index (κ2) is 6.90. The molecule has 0 aliphatic carbocycles. The van der Waals surface area contributed by atoms with E-state index in [9.17, 15) is 4.79 Å². The Labute approximate surface area is 163 Å². The Balaban J connectivity index is 1.66. The first kappa shape index (κ1) is 18.4. The molecule has 0 spiro atoms. The number of fused-ring (bicyclic) bond motifs is 1. The van der Waals surface area contributed by atoms with Crippen molar-refractivity contribution < 1.29 is 9.53 Å². The summed E-state index contributed by atoms with van der Waals surface area (Å²) in [7, 11) is 1.86. The maximum absolute atomic E-state index is 12.5. The van der Waals surface area contributed by atoms with Crippen molar-refractivity contribution in [1.29, 1.82) is 0 Å². The number of amides is 1. The normalized spacial score (nSPS) is 17.9. The van der Waals surface area contributed by atoms with Crippen LogP contribution in [0.2, 0.25) is 0 Å². The summed E-state index contributed by atoms with van der Waals surface area (Å²) in [6.07, 6.45) is 5.18. The van der Waals surface area contributed by atoms with Gasteiger partial charge in [0, 0.05) is 44.5 Å². The first-order valence-corrected chi connectivity index (χ1v) is 9.35. The molecular weight excluding hydrogens is 358 g/mol. The molecular formula is C19H25N7O2. The van der Waals surface area contributed by atoms with Crippen molar-refractivity contribution in [2.24, 2.45) is 7.05 Å². The van der Waals surface area contributed by atoms with Crippen molar-refractivity contribution in [2.45, 2.75) is 32.4 Å². The zero-order valence-electron chi connectivity index (χ0n) is 16.6. The fourth-order valence-electron chi connectivity index (χ4n) is 3.32. The summed E-state index contributed by atoms with van der Waals surface area (Å²) >= 11 is 0. The van der Waals surface area contributed by atoms with E-state index < -0.39 is 5.60 Å². The van der Waals surface area contributed by atoms with Gasteiger partial charge in [-0.1, -0.05) is 0 Å². The molecule has 9 heteroatoms. The summed E-state index contributed by atoms with van der Waals surface area (Å²) < 4.78 is 7.26. The van der Waals surface area contributed by atoms with Gasteiger partial charge < -0.3 is 19.9 Å². The number of nitrogens with zero attached hydrogens (tertiary/aromatic N) is 5. The van der Waals surface area contributed by atoms with E-state index in [1.165, 1.54) is 0 Å². The smallest absolute Gasteiger partial charge is 0.410 e. The number of piperazine rings is 1. The lowest BCUT2D eigenvalue weighted by molar-refractivity contribution is 0.0194. The van der Waals surface area contributed by atoms with Gasteiger partial charge in [0.05, 0.1) is 23.5 Å². The highest BCUT2D eigenvalue weighted by Gasteiger charge is 2.30. The Morgan fingerprint density at radius 3 is 2.86 bits per heavy atom. The minimum Gasteiger partial charge on any atom is -0.444 e. The summed E-state index contributed by atoms with van der Waals surface area (Å²) in [5.41, 5.74) is 1.95. The maximum atomic E-state index is 12.5. The fourth-order valence-corrected chi connectivity index (χ4v) is 3.32. The molecule has 1 unspecified atom stereocenters. The summed E-state index contributed by atoms with van der Waals surface area (Å²) in [6.45, 7) is 7.37. The quantitative estimate of drug-likeness (QED) is 0.704. The SMILES string of the molecule is Cn1cc(-c2nc(C3CN(C(=O)OC(C)(C)C)CCN3)c3cc[nH]c3n2)cn1. The lowest BCUT2D eigenvalue weighted by Crippen LogP contribution is -2.50. The predicted octanol–water partition coefficient (Wildman–Crippen LogP) is 2.24. The maximum Gasteiger partial charge on any atom is 0.410 e. The Bertz CT molecular complexity index is 1000. The molecule has 1 saturated heterocycles. The van der Waals surface area contributed by atoms with Crippen LogP contribution in [-0.2, 0) is 11.8 Å². The van der Waals surface area contributed by atoms with E-state index >= 15 is 0 Å². The van der Waals surface area contributed by atoms with E-state index in [4.69, 9.17) is 9.72 Å². The minimum absolute atomic E-state index is 0.113. The molecule has 0 saturated carbocycles. The van der Waals surface area contributed by atoms with Gasteiger partial charge in [-0.25, -0.2) is 14.8 Å². The molecule has 0 aromatic carbocycles. The summed E-state index contributed by atoms with van der Waals surface area (Å²) in [4.78, 5) is 26.9. The van der Waals surface area contributed by atoms with Crippen molar-refractivity contribution in [1.82, 2.24) is 34.9 Å². The number of rotatable bonds is 2. The largest absolute Gasteiger partial charge is 0.444 e. The number of aromatic nitrogens is 5. The Morgan fingerprint density at radius 1 is 1.32 bits per heavy atom. The van der Waals surface area contributed by atoms with E-state index in [1.807, 2.05) is 46.3 Å². The highest BCUT2D eigenvalue weighted by Crippen LogP contribution is 2.27. The molecule has 28 heavy (non-hydrogen) atoms. The monoisotopic (exact) mass is 383 g/mol. The van der Waals surface area contributed by atoms with Gasteiger partial charge in [-0.15, -0.1) is 0 Å². The molecule has 4 rings (SSSR count). The van der Waals surface area contributed by atoms with Gasteiger partial charge in [-0.05, 0) is 26.8 Å². The van der Waals surface area contributed by atoms with Crippen molar-refractivity contribution >= 4 is 17.1 Å². The van der Waals surface area contributed by atoms with Crippen LogP contribution in [0.25, 0.3) is 22.4 Å². The second-order valence-electron chi connectivity index (χ2n) is 8.01. The number of hydrogen-bond donors (Lipinski definition) is 2. The number of aromatic amines is 1. The molecule has 1 amide bonds. The van der Waals surface area contributed by atoms with Crippen LogP contribution in [0.15, 0.2) is 24.7 Å². The predicted molar refractivity (Wildman–Crippen MR) is 105 cm³/mol. The number of carbonyl (C=O) groups excluding carboxylic acids is 1. The van der Waals surface area contributed by atoms with Gasteiger partial charge in [0.15, 0.2) is 5.82 Å². The van der Waals surface area contributed by atoms with Crippen molar-refractivity contribution in [3.05, 3.63) is 30.4 Å². The van der Waals surface area contributed by atoms with Gasteiger partial charge in [0.1, 0.15) is 11.2 Å². The highest BCUT2D eigenvalue weighted by atomic mass is 16.6. The third kappa shape index (κ3) is 3.70. The first-order valence-electron chi connectivity index (χ1n) is 9.35. The van der Waals surface area contributed by atoms with E-state index in [1.54, 1.807) is 15.8 Å². The molecule has 4 heterocycles. The van der Waals surface area contributed by atoms with Crippen LogP contribution in [0.4, 0.5) is 4.79 Å². The highest BCUT2D eigenvalue weighted by molar-refractivity contribution is 5.80. The molecule has 1 aliphatic heterocycles. The number of nitrogens with one attached hydrogen (secondary N) is 2. The van der Waals surface area contributed by atoms with Gasteiger partial charge in [0.2, 0.25) is 0 Å². The standard InChI is InChI=1S/C19H25N7O2/c1-19(2,3)28-18(27)26-8-7-20-14(11-26)15-13-5-6-21-17(13)24-16(23-15)12-9-22-25(4)10-12/h5-6,9-10,14,20H,7-8,11H2,1-4H3,(H,21,23,24). The van der Waals surface area contributed by atoms with Crippen LogP contribution in [0.1, 0.15) is 32.5 Å². The molecule has 148 valence electrons. The summed E-state index contributed by atoms with van der Waals surface area (Å²) in [5.74, 6) is 0.606. The second-order valence-corrected chi connectivity index (χ2v) is 8.01.